The monoisotopic (exact) mass is 289 g/mol. The lowest BCUT2D eigenvalue weighted by atomic mass is 9.91. The summed E-state index contributed by atoms with van der Waals surface area (Å²) in [7, 11) is 1.99. The van der Waals surface area contributed by atoms with Gasteiger partial charge in [0.05, 0.1) is 5.92 Å². The van der Waals surface area contributed by atoms with Crippen LogP contribution in [0.5, 0.6) is 0 Å². The SMILES string of the molecule is CNCCC1CCN(C(=O)C(CN)c2ccccc2)CC1. The van der Waals surface area contributed by atoms with Crippen molar-refractivity contribution in [2.24, 2.45) is 11.7 Å². The van der Waals surface area contributed by atoms with Crippen LogP contribution in [0.25, 0.3) is 0 Å². The van der Waals surface area contributed by atoms with E-state index in [2.05, 4.69) is 5.32 Å². The molecule has 1 aromatic carbocycles. The minimum absolute atomic E-state index is 0.191. The highest BCUT2D eigenvalue weighted by Gasteiger charge is 2.28. The molecule has 2 rings (SSSR count). The van der Waals surface area contributed by atoms with E-state index in [1.165, 1.54) is 6.42 Å². The zero-order chi connectivity index (χ0) is 15.1. The molecule has 1 aliphatic heterocycles. The number of carbonyl (C=O) groups is 1. The van der Waals surface area contributed by atoms with Crippen molar-refractivity contribution in [1.29, 1.82) is 0 Å². The molecule has 4 nitrogen and oxygen atoms in total. The maximum atomic E-state index is 12.7. The summed E-state index contributed by atoms with van der Waals surface area (Å²) in [5.74, 6) is 0.741. The fourth-order valence-corrected chi connectivity index (χ4v) is 3.08. The lowest BCUT2D eigenvalue weighted by Crippen LogP contribution is -2.43. The van der Waals surface area contributed by atoms with E-state index in [0.29, 0.717) is 6.54 Å². The molecule has 4 heteroatoms. The van der Waals surface area contributed by atoms with Gasteiger partial charge in [-0.2, -0.15) is 0 Å². The lowest BCUT2D eigenvalue weighted by Gasteiger charge is -2.34. The average Bonchev–Trinajstić information content (AvgIpc) is 2.55. The second kappa shape index (κ2) is 8.15. The van der Waals surface area contributed by atoms with Crippen LogP contribution in [0.3, 0.4) is 0 Å². The zero-order valence-electron chi connectivity index (χ0n) is 12.9. The molecule has 21 heavy (non-hydrogen) atoms. The smallest absolute Gasteiger partial charge is 0.231 e. The Morgan fingerprint density at radius 2 is 2.00 bits per heavy atom. The van der Waals surface area contributed by atoms with Crippen LogP contribution in [0.15, 0.2) is 30.3 Å². The largest absolute Gasteiger partial charge is 0.342 e. The van der Waals surface area contributed by atoms with Gasteiger partial charge in [0.15, 0.2) is 0 Å². The summed E-state index contributed by atoms with van der Waals surface area (Å²) in [6.45, 7) is 3.18. The number of piperidine rings is 1. The van der Waals surface area contributed by atoms with Crippen LogP contribution in [0, 0.1) is 5.92 Å². The molecule has 1 atom stereocenters. The maximum absolute atomic E-state index is 12.7. The van der Waals surface area contributed by atoms with Gasteiger partial charge in [-0.1, -0.05) is 30.3 Å². The molecule has 1 aliphatic rings. The highest BCUT2D eigenvalue weighted by Crippen LogP contribution is 2.24. The van der Waals surface area contributed by atoms with Crippen LogP contribution in [-0.2, 0) is 4.79 Å². The van der Waals surface area contributed by atoms with E-state index in [9.17, 15) is 4.79 Å². The van der Waals surface area contributed by atoms with Crippen LogP contribution in [0.1, 0.15) is 30.7 Å². The maximum Gasteiger partial charge on any atom is 0.231 e. The van der Waals surface area contributed by atoms with Gasteiger partial charge in [-0.05, 0) is 44.3 Å². The summed E-state index contributed by atoms with van der Waals surface area (Å²) in [6.07, 6.45) is 3.43. The predicted molar refractivity (Wildman–Crippen MR) is 86.1 cm³/mol. The molecule has 1 unspecified atom stereocenters. The predicted octanol–water partition coefficient (Wildman–Crippen LogP) is 1.58. The molecule has 0 saturated carbocycles. The number of nitrogens with one attached hydrogen (secondary N) is 1. The lowest BCUT2D eigenvalue weighted by molar-refractivity contribution is -0.134. The third-order valence-corrected chi connectivity index (χ3v) is 4.46. The first kappa shape index (κ1) is 16.0. The van der Waals surface area contributed by atoms with Gasteiger partial charge in [-0.15, -0.1) is 0 Å². The normalized spacial score (nSPS) is 17.7. The summed E-state index contributed by atoms with van der Waals surface area (Å²) in [5, 5.41) is 3.20. The second-order valence-electron chi connectivity index (χ2n) is 5.86. The van der Waals surface area contributed by atoms with Crippen molar-refractivity contribution in [3.8, 4) is 0 Å². The number of carbonyl (C=O) groups excluding carboxylic acids is 1. The first-order chi connectivity index (χ1) is 10.3. The first-order valence-electron chi connectivity index (χ1n) is 7.94. The Kier molecular flexibility index (Phi) is 6.21. The Morgan fingerprint density at radius 3 is 2.57 bits per heavy atom. The molecule has 0 aliphatic carbocycles. The summed E-state index contributed by atoms with van der Waals surface area (Å²) in [4.78, 5) is 14.7. The number of amides is 1. The molecule has 1 saturated heterocycles. The van der Waals surface area contributed by atoms with Gasteiger partial charge in [0.1, 0.15) is 0 Å². The van der Waals surface area contributed by atoms with Gasteiger partial charge in [-0.25, -0.2) is 0 Å². The van der Waals surface area contributed by atoms with Crippen molar-refractivity contribution in [3.05, 3.63) is 35.9 Å². The van der Waals surface area contributed by atoms with Crippen LogP contribution in [-0.4, -0.2) is 44.0 Å². The topological polar surface area (TPSA) is 58.4 Å². The fraction of sp³-hybridized carbons (Fsp3) is 0.588. The minimum atomic E-state index is -0.194. The zero-order valence-corrected chi connectivity index (χ0v) is 12.9. The van der Waals surface area contributed by atoms with Crippen LogP contribution in [0.4, 0.5) is 0 Å². The van der Waals surface area contributed by atoms with Gasteiger partial charge >= 0.3 is 0 Å². The van der Waals surface area contributed by atoms with E-state index >= 15 is 0 Å². The van der Waals surface area contributed by atoms with Crippen LogP contribution >= 0.6 is 0 Å². The molecule has 0 bridgehead atoms. The number of rotatable bonds is 6. The molecule has 0 aromatic heterocycles. The molecule has 1 aromatic rings. The standard InChI is InChI=1S/C17H27N3O/c1-19-10-7-14-8-11-20(12-9-14)17(21)16(13-18)15-5-3-2-4-6-15/h2-6,14,16,19H,7-13,18H2,1H3. The molecule has 1 amide bonds. The van der Waals surface area contributed by atoms with E-state index in [1.807, 2.05) is 42.3 Å². The van der Waals surface area contributed by atoms with Gasteiger partial charge in [0.25, 0.3) is 0 Å². The number of likely N-dealkylation sites (tertiary alicyclic amines) is 1. The third kappa shape index (κ3) is 4.29. The Balaban J connectivity index is 1.91. The van der Waals surface area contributed by atoms with Crippen molar-refractivity contribution in [2.45, 2.75) is 25.2 Å². The molecule has 1 heterocycles. The molecule has 0 spiro atoms. The average molecular weight is 289 g/mol. The Hall–Kier alpha value is -1.39. The molecule has 0 radical (unpaired) electrons. The fourth-order valence-electron chi connectivity index (χ4n) is 3.08. The Morgan fingerprint density at radius 1 is 1.33 bits per heavy atom. The summed E-state index contributed by atoms with van der Waals surface area (Å²) in [5.41, 5.74) is 6.88. The minimum Gasteiger partial charge on any atom is -0.342 e. The highest BCUT2D eigenvalue weighted by molar-refractivity contribution is 5.84. The number of nitrogens with zero attached hydrogens (tertiary/aromatic N) is 1. The third-order valence-electron chi connectivity index (χ3n) is 4.46. The van der Waals surface area contributed by atoms with Crippen molar-refractivity contribution in [3.63, 3.8) is 0 Å². The molecule has 116 valence electrons. The Bertz CT molecular complexity index is 427. The van der Waals surface area contributed by atoms with Gasteiger partial charge in [0, 0.05) is 19.6 Å². The summed E-state index contributed by atoms with van der Waals surface area (Å²) in [6, 6.07) is 9.89. The van der Waals surface area contributed by atoms with Crippen molar-refractivity contribution in [1.82, 2.24) is 10.2 Å². The van der Waals surface area contributed by atoms with E-state index in [1.54, 1.807) is 0 Å². The molecular formula is C17H27N3O. The van der Waals surface area contributed by atoms with E-state index in [-0.39, 0.29) is 11.8 Å². The molecule has 3 N–H and O–H groups in total. The van der Waals surface area contributed by atoms with Crippen molar-refractivity contribution >= 4 is 5.91 Å². The van der Waals surface area contributed by atoms with E-state index < -0.39 is 0 Å². The van der Waals surface area contributed by atoms with Gasteiger partial charge < -0.3 is 16.0 Å². The van der Waals surface area contributed by atoms with E-state index in [4.69, 9.17) is 5.73 Å². The summed E-state index contributed by atoms with van der Waals surface area (Å²) >= 11 is 0. The molecular weight excluding hydrogens is 262 g/mol. The first-order valence-corrected chi connectivity index (χ1v) is 7.94. The Labute approximate surface area is 127 Å². The number of hydrogen-bond acceptors (Lipinski definition) is 3. The quantitative estimate of drug-likeness (QED) is 0.836. The highest BCUT2D eigenvalue weighted by atomic mass is 16.2. The molecule has 1 fully saturated rings. The number of hydrogen-bond donors (Lipinski definition) is 2. The van der Waals surface area contributed by atoms with Crippen molar-refractivity contribution < 1.29 is 4.79 Å². The van der Waals surface area contributed by atoms with Gasteiger partial charge in [0.2, 0.25) is 5.91 Å². The number of nitrogens with two attached hydrogens (primary N) is 1. The van der Waals surface area contributed by atoms with Gasteiger partial charge in [-0.3, -0.25) is 4.79 Å². The van der Waals surface area contributed by atoms with E-state index in [0.717, 1.165) is 44.0 Å². The summed E-state index contributed by atoms with van der Waals surface area (Å²) < 4.78 is 0. The number of benzene rings is 1. The second-order valence-corrected chi connectivity index (χ2v) is 5.86. The van der Waals surface area contributed by atoms with Crippen LogP contribution < -0.4 is 11.1 Å². The van der Waals surface area contributed by atoms with Crippen LogP contribution in [0.2, 0.25) is 0 Å². The van der Waals surface area contributed by atoms with Crippen molar-refractivity contribution in [2.75, 3.05) is 33.2 Å².